The van der Waals surface area contributed by atoms with Gasteiger partial charge in [0.2, 0.25) is 0 Å². The summed E-state index contributed by atoms with van der Waals surface area (Å²) in [5, 5.41) is 1.55. The molecule has 0 atom stereocenters. The maximum atomic E-state index is 14.3. The molecular formula is C18H16BrClF4N2O3. The number of nitrogens with zero attached hydrogens (tertiary/aromatic N) is 1. The van der Waals surface area contributed by atoms with Gasteiger partial charge in [-0.2, -0.15) is 13.2 Å². The highest BCUT2D eigenvalue weighted by atomic mass is 79.9. The second-order valence-corrected chi connectivity index (χ2v) is 8.24. The fourth-order valence-corrected chi connectivity index (χ4v) is 2.96. The summed E-state index contributed by atoms with van der Waals surface area (Å²) in [6.45, 7) is 4.34. The number of pyridine rings is 1. The summed E-state index contributed by atoms with van der Waals surface area (Å²) in [6.07, 6.45) is -5.63. The van der Waals surface area contributed by atoms with Crippen molar-refractivity contribution >= 4 is 39.3 Å². The number of anilines is 1. The fraction of sp³-hybridized carbons (Fsp3) is 0.333. The van der Waals surface area contributed by atoms with Crippen molar-refractivity contribution in [2.45, 2.75) is 39.1 Å². The monoisotopic (exact) mass is 498 g/mol. The first kappa shape index (κ1) is 23.2. The van der Waals surface area contributed by atoms with E-state index in [1.54, 1.807) is 20.8 Å². The van der Waals surface area contributed by atoms with Crippen LogP contribution in [0.5, 0.6) is 0 Å². The van der Waals surface area contributed by atoms with E-state index in [4.69, 9.17) is 16.3 Å². The van der Waals surface area contributed by atoms with Gasteiger partial charge < -0.3 is 4.74 Å². The van der Waals surface area contributed by atoms with Crippen molar-refractivity contribution in [3.05, 3.63) is 61.2 Å². The first-order chi connectivity index (χ1) is 13.2. The Hall–Kier alpha value is -2.07. The fourth-order valence-electron chi connectivity index (χ4n) is 2.31. The minimum Gasteiger partial charge on any atom is -0.444 e. The molecule has 5 nitrogen and oxygen atoms in total. The van der Waals surface area contributed by atoms with Crippen molar-refractivity contribution in [2.24, 2.45) is 0 Å². The topological polar surface area (TPSA) is 60.3 Å². The van der Waals surface area contributed by atoms with Crippen molar-refractivity contribution < 1.29 is 27.1 Å². The Kier molecular flexibility index (Phi) is 6.68. The standard InChI is InChI=1S/C18H16BrClF4N2O3/c1-17(2,3)29-16(28)25-12-4-5-13(19)26(15(12)27)8-9-6-10(18(22,23)24)7-11(20)14(9)21/h4-7H,8H2,1-3H3,(H,25,28). The number of benzene rings is 1. The zero-order chi connectivity index (χ0) is 22.1. The Morgan fingerprint density at radius 1 is 1.24 bits per heavy atom. The normalized spacial score (nSPS) is 12.0. The number of carbonyl (C=O) groups excluding carboxylic acids is 1. The second kappa shape index (κ2) is 8.35. The smallest absolute Gasteiger partial charge is 0.416 e. The summed E-state index contributed by atoms with van der Waals surface area (Å²) in [7, 11) is 0. The average molecular weight is 500 g/mol. The van der Waals surface area contributed by atoms with Crippen molar-refractivity contribution in [2.75, 3.05) is 5.32 Å². The number of hydrogen-bond donors (Lipinski definition) is 1. The predicted octanol–water partition coefficient (Wildman–Crippen LogP) is 5.82. The van der Waals surface area contributed by atoms with E-state index in [0.717, 1.165) is 4.57 Å². The Bertz CT molecular complexity index is 1000. The zero-order valence-corrected chi connectivity index (χ0v) is 17.8. The number of hydrogen-bond acceptors (Lipinski definition) is 3. The quantitative estimate of drug-likeness (QED) is 0.428. The van der Waals surface area contributed by atoms with E-state index in [1.807, 2.05) is 0 Å². The number of carbonyl (C=O) groups is 1. The highest BCUT2D eigenvalue weighted by Gasteiger charge is 2.32. The minimum absolute atomic E-state index is 0.158. The molecule has 29 heavy (non-hydrogen) atoms. The molecule has 0 spiro atoms. The Morgan fingerprint density at radius 3 is 2.41 bits per heavy atom. The van der Waals surface area contributed by atoms with Crippen LogP contribution < -0.4 is 10.9 Å². The molecule has 1 heterocycles. The summed E-state index contributed by atoms with van der Waals surface area (Å²) in [5.74, 6) is -1.08. The van der Waals surface area contributed by atoms with Crippen LogP contribution in [0.3, 0.4) is 0 Å². The molecule has 1 aromatic carbocycles. The number of ether oxygens (including phenoxy) is 1. The molecule has 0 fully saturated rings. The first-order valence-corrected chi connectivity index (χ1v) is 9.30. The molecule has 0 saturated carbocycles. The SMILES string of the molecule is CC(C)(C)OC(=O)Nc1ccc(Br)n(Cc2cc(C(F)(F)F)cc(Cl)c2F)c1=O. The largest absolute Gasteiger partial charge is 0.444 e. The molecule has 0 unspecified atom stereocenters. The number of amides is 1. The lowest BCUT2D eigenvalue weighted by molar-refractivity contribution is -0.137. The predicted molar refractivity (Wildman–Crippen MR) is 104 cm³/mol. The van der Waals surface area contributed by atoms with Crippen LogP contribution in [0.15, 0.2) is 33.7 Å². The van der Waals surface area contributed by atoms with Gasteiger partial charge in [-0.25, -0.2) is 9.18 Å². The third-order valence-corrected chi connectivity index (χ3v) is 4.48. The van der Waals surface area contributed by atoms with Crippen molar-refractivity contribution in [1.82, 2.24) is 4.57 Å². The van der Waals surface area contributed by atoms with Crippen molar-refractivity contribution in [3.8, 4) is 0 Å². The molecular weight excluding hydrogens is 484 g/mol. The van der Waals surface area contributed by atoms with Crippen LogP contribution in [0.1, 0.15) is 31.9 Å². The number of rotatable bonds is 3. The third kappa shape index (κ3) is 5.96. The molecule has 2 aromatic rings. The number of nitrogens with one attached hydrogen (secondary N) is 1. The van der Waals surface area contributed by atoms with Gasteiger partial charge in [0.15, 0.2) is 0 Å². The Labute approximate surface area is 176 Å². The zero-order valence-electron chi connectivity index (χ0n) is 15.5. The molecule has 0 aliphatic heterocycles. The van der Waals surface area contributed by atoms with E-state index in [2.05, 4.69) is 21.2 Å². The lowest BCUT2D eigenvalue weighted by Gasteiger charge is -2.20. The van der Waals surface area contributed by atoms with E-state index in [-0.39, 0.29) is 10.3 Å². The van der Waals surface area contributed by atoms with Crippen LogP contribution in [0.25, 0.3) is 0 Å². The van der Waals surface area contributed by atoms with Crippen LogP contribution in [0.2, 0.25) is 5.02 Å². The number of alkyl halides is 3. The van der Waals surface area contributed by atoms with Crippen LogP contribution in [0.4, 0.5) is 28.0 Å². The van der Waals surface area contributed by atoms with Crippen LogP contribution >= 0.6 is 27.5 Å². The van der Waals surface area contributed by atoms with E-state index in [0.29, 0.717) is 12.1 Å². The van der Waals surface area contributed by atoms with E-state index >= 15 is 0 Å². The lowest BCUT2D eigenvalue weighted by Crippen LogP contribution is -2.31. The molecule has 11 heteroatoms. The Balaban J connectivity index is 2.43. The highest BCUT2D eigenvalue weighted by Crippen LogP contribution is 2.33. The molecule has 1 N–H and O–H groups in total. The van der Waals surface area contributed by atoms with Crippen molar-refractivity contribution in [1.29, 1.82) is 0 Å². The van der Waals surface area contributed by atoms with Gasteiger partial charge in [-0.15, -0.1) is 0 Å². The van der Waals surface area contributed by atoms with Crippen LogP contribution in [-0.4, -0.2) is 16.3 Å². The second-order valence-electron chi connectivity index (χ2n) is 7.02. The maximum Gasteiger partial charge on any atom is 0.416 e. The van der Waals surface area contributed by atoms with Gasteiger partial charge >= 0.3 is 12.3 Å². The number of aromatic nitrogens is 1. The molecule has 158 valence electrons. The summed E-state index contributed by atoms with van der Waals surface area (Å²) < 4.78 is 59.5. The summed E-state index contributed by atoms with van der Waals surface area (Å²) in [4.78, 5) is 24.6. The van der Waals surface area contributed by atoms with Gasteiger partial charge in [0, 0.05) is 5.56 Å². The first-order valence-electron chi connectivity index (χ1n) is 8.13. The average Bonchev–Trinajstić information content (AvgIpc) is 2.55. The van der Waals surface area contributed by atoms with Crippen LogP contribution in [0, 0.1) is 5.82 Å². The van der Waals surface area contributed by atoms with Gasteiger partial charge in [0.25, 0.3) is 5.56 Å². The maximum absolute atomic E-state index is 14.3. The van der Waals surface area contributed by atoms with Gasteiger partial charge in [0.1, 0.15) is 17.1 Å². The van der Waals surface area contributed by atoms with Gasteiger partial charge in [-0.05, 0) is 61.0 Å². The van der Waals surface area contributed by atoms with E-state index in [1.165, 1.54) is 12.1 Å². The number of halogens is 6. The summed E-state index contributed by atoms with van der Waals surface area (Å²) >= 11 is 8.68. The molecule has 0 aliphatic rings. The molecule has 2 rings (SSSR count). The summed E-state index contributed by atoms with van der Waals surface area (Å²) in [6, 6.07) is 3.70. The minimum atomic E-state index is -4.74. The van der Waals surface area contributed by atoms with Crippen LogP contribution in [-0.2, 0) is 17.5 Å². The molecule has 1 aromatic heterocycles. The molecule has 0 radical (unpaired) electrons. The van der Waals surface area contributed by atoms with Gasteiger partial charge in [0.05, 0.1) is 21.7 Å². The van der Waals surface area contributed by atoms with Gasteiger partial charge in [-0.1, -0.05) is 11.6 Å². The van der Waals surface area contributed by atoms with Gasteiger partial charge in [-0.3, -0.25) is 14.7 Å². The Morgan fingerprint density at radius 2 is 1.86 bits per heavy atom. The third-order valence-electron chi connectivity index (χ3n) is 3.52. The summed E-state index contributed by atoms with van der Waals surface area (Å²) in [5.41, 5.74) is -3.37. The molecule has 1 amide bonds. The molecule has 0 saturated heterocycles. The lowest BCUT2D eigenvalue weighted by atomic mass is 10.1. The highest BCUT2D eigenvalue weighted by molar-refractivity contribution is 9.10. The van der Waals surface area contributed by atoms with E-state index < -0.39 is 51.9 Å². The van der Waals surface area contributed by atoms with Crippen molar-refractivity contribution in [3.63, 3.8) is 0 Å². The molecule has 0 aliphatic carbocycles. The molecule has 0 bridgehead atoms. The van der Waals surface area contributed by atoms with E-state index in [9.17, 15) is 27.2 Å².